The number of ether oxygens (including phenoxy) is 1. The number of methoxy groups -OCH3 is 1. The molecule has 2 rings (SSSR count). The highest BCUT2D eigenvalue weighted by molar-refractivity contribution is 7.99. The van der Waals surface area contributed by atoms with Gasteiger partial charge in [0.25, 0.3) is 0 Å². The molecule has 1 aromatic carbocycles. The van der Waals surface area contributed by atoms with E-state index >= 15 is 0 Å². The zero-order valence-electron chi connectivity index (χ0n) is 10.9. The Morgan fingerprint density at radius 3 is 2.80 bits per heavy atom. The fourth-order valence-electron chi connectivity index (χ4n) is 1.51. The molecule has 0 amide bonds. The first-order chi connectivity index (χ1) is 9.74. The first-order valence-electron chi connectivity index (χ1n) is 5.81. The van der Waals surface area contributed by atoms with E-state index in [2.05, 4.69) is 15.5 Å². The van der Waals surface area contributed by atoms with E-state index in [-0.39, 0.29) is 0 Å². The molecule has 0 aliphatic carbocycles. The van der Waals surface area contributed by atoms with Gasteiger partial charge in [0, 0.05) is 5.69 Å². The molecule has 1 aromatic heterocycles. The molecule has 0 spiro atoms. The van der Waals surface area contributed by atoms with E-state index in [0.29, 0.717) is 23.3 Å². The third-order valence-corrected chi connectivity index (χ3v) is 3.35. The van der Waals surface area contributed by atoms with E-state index in [1.54, 1.807) is 7.11 Å². The lowest BCUT2D eigenvalue weighted by Gasteiger charge is -2.07. The zero-order chi connectivity index (χ0) is 14.4. The van der Waals surface area contributed by atoms with Crippen molar-refractivity contribution in [2.45, 2.75) is 11.7 Å². The summed E-state index contributed by atoms with van der Waals surface area (Å²) >= 11 is 1.25. The van der Waals surface area contributed by atoms with Crippen molar-refractivity contribution in [2.75, 3.05) is 24.0 Å². The molecule has 7 nitrogen and oxygen atoms in total. The van der Waals surface area contributed by atoms with Crippen LogP contribution in [0.15, 0.2) is 29.4 Å². The van der Waals surface area contributed by atoms with Gasteiger partial charge in [0.2, 0.25) is 5.16 Å². The summed E-state index contributed by atoms with van der Waals surface area (Å²) in [7, 11) is 1.62. The second-order valence-electron chi connectivity index (χ2n) is 3.80. The number of anilines is 1. The molecule has 0 fully saturated rings. The highest BCUT2D eigenvalue weighted by Crippen LogP contribution is 2.17. The molecule has 20 heavy (non-hydrogen) atoms. The molecule has 2 aromatic rings. The van der Waals surface area contributed by atoms with Gasteiger partial charge in [-0.05, 0) is 24.3 Å². The minimum absolute atomic E-state index is 0.293. The van der Waals surface area contributed by atoms with E-state index in [4.69, 9.17) is 15.8 Å². The molecule has 3 N–H and O–H groups in total. The SMILES string of the molecule is COc1ccc(NCc2nnc(SCC#N)n2N)cc1. The van der Waals surface area contributed by atoms with Gasteiger partial charge in [0.15, 0.2) is 5.82 Å². The third kappa shape index (κ3) is 3.33. The topological polar surface area (TPSA) is 102 Å². The number of nitrogens with zero attached hydrogens (tertiary/aromatic N) is 4. The van der Waals surface area contributed by atoms with E-state index in [1.807, 2.05) is 30.3 Å². The maximum Gasteiger partial charge on any atom is 0.210 e. The number of benzene rings is 1. The normalized spacial score (nSPS) is 10.0. The van der Waals surface area contributed by atoms with Crippen molar-refractivity contribution < 1.29 is 4.74 Å². The third-order valence-electron chi connectivity index (χ3n) is 2.54. The minimum atomic E-state index is 0.293. The smallest absolute Gasteiger partial charge is 0.210 e. The summed E-state index contributed by atoms with van der Waals surface area (Å²) in [6.45, 7) is 0.447. The van der Waals surface area contributed by atoms with Crippen LogP contribution >= 0.6 is 11.8 Å². The van der Waals surface area contributed by atoms with Gasteiger partial charge in [-0.3, -0.25) is 0 Å². The van der Waals surface area contributed by atoms with Gasteiger partial charge in [-0.25, -0.2) is 4.68 Å². The quantitative estimate of drug-likeness (QED) is 0.609. The average Bonchev–Trinajstić information content (AvgIpc) is 2.84. The summed E-state index contributed by atoms with van der Waals surface area (Å²) in [6, 6.07) is 9.56. The molecule has 0 radical (unpaired) electrons. The summed E-state index contributed by atoms with van der Waals surface area (Å²) < 4.78 is 6.48. The van der Waals surface area contributed by atoms with Gasteiger partial charge < -0.3 is 15.9 Å². The van der Waals surface area contributed by atoms with Gasteiger partial charge in [0.1, 0.15) is 5.75 Å². The minimum Gasteiger partial charge on any atom is -0.497 e. The molecule has 0 saturated carbocycles. The van der Waals surface area contributed by atoms with Crippen LogP contribution in [0.3, 0.4) is 0 Å². The highest BCUT2D eigenvalue weighted by Gasteiger charge is 2.09. The van der Waals surface area contributed by atoms with Gasteiger partial charge >= 0.3 is 0 Å². The van der Waals surface area contributed by atoms with Crippen LogP contribution in [0.1, 0.15) is 5.82 Å². The molecule has 1 heterocycles. The van der Waals surface area contributed by atoms with Gasteiger partial charge in [-0.1, -0.05) is 11.8 Å². The van der Waals surface area contributed by atoms with Crippen LogP contribution in [0.5, 0.6) is 5.75 Å². The number of hydrogen-bond donors (Lipinski definition) is 2. The first-order valence-corrected chi connectivity index (χ1v) is 6.80. The Kier molecular flexibility index (Phi) is 4.68. The fraction of sp³-hybridized carbons (Fsp3) is 0.250. The van der Waals surface area contributed by atoms with Crippen LogP contribution in [0.2, 0.25) is 0 Å². The Labute approximate surface area is 120 Å². The monoisotopic (exact) mass is 290 g/mol. The summed E-state index contributed by atoms with van der Waals surface area (Å²) in [5.74, 6) is 7.55. The summed E-state index contributed by atoms with van der Waals surface area (Å²) in [5, 5.41) is 20.2. The number of nitrogen functional groups attached to an aromatic ring is 1. The van der Waals surface area contributed by atoms with Crippen LogP contribution in [0.4, 0.5) is 5.69 Å². The maximum absolute atomic E-state index is 8.53. The van der Waals surface area contributed by atoms with Crippen molar-refractivity contribution in [3.63, 3.8) is 0 Å². The van der Waals surface area contributed by atoms with Gasteiger partial charge in [0.05, 0.1) is 25.5 Å². The zero-order valence-corrected chi connectivity index (χ0v) is 11.7. The standard InChI is InChI=1S/C12H14N6OS/c1-19-10-4-2-9(3-5-10)15-8-11-16-17-12(18(11)14)20-7-6-13/h2-5,15H,7-8,14H2,1H3. The molecule has 0 aliphatic rings. The van der Waals surface area contributed by atoms with Crippen molar-refractivity contribution in [1.29, 1.82) is 5.26 Å². The van der Waals surface area contributed by atoms with Crippen LogP contribution in [-0.4, -0.2) is 27.7 Å². The Morgan fingerprint density at radius 2 is 2.15 bits per heavy atom. The second-order valence-corrected chi connectivity index (χ2v) is 4.74. The first kappa shape index (κ1) is 14.0. The number of aromatic nitrogens is 3. The molecular weight excluding hydrogens is 276 g/mol. The lowest BCUT2D eigenvalue weighted by molar-refractivity contribution is 0.415. The largest absolute Gasteiger partial charge is 0.497 e. The summed E-state index contributed by atoms with van der Waals surface area (Å²) in [4.78, 5) is 0. The highest BCUT2D eigenvalue weighted by atomic mass is 32.2. The second kappa shape index (κ2) is 6.68. The Morgan fingerprint density at radius 1 is 1.40 bits per heavy atom. The molecule has 0 bridgehead atoms. The summed E-state index contributed by atoms with van der Waals surface area (Å²) in [6.07, 6.45) is 0. The molecule has 8 heteroatoms. The van der Waals surface area contributed by atoms with Crippen molar-refractivity contribution in [3.8, 4) is 11.8 Å². The predicted octanol–water partition coefficient (Wildman–Crippen LogP) is 1.23. The molecule has 0 atom stereocenters. The number of nitrogens with one attached hydrogen (secondary N) is 1. The van der Waals surface area contributed by atoms with Crippen LogP contribution in [0, 0.1) is 11.3 Å². The Hall–Kier alpha value is -2.40. The van der Waals surface area contributed by atoms with Crippen molar-refractivity contribution >= 4 is 17.4 Å². The van der Waals surface area contributed by atoms with Crippen LogP contribution in [-0.2, 0) is 6.54 Å². The Bertz CT molecular complexity index is 603. The van der Waals surface area contributed by atoms with Crippen molar-refractivity contribution in [3.05, 3.63) is 30.1 Å². The van der Waals surface area contributed by atoms with Crippen molar-refractivity contribution in [2.24, 2.45) is 0 Å². The van der Waals surface area contributed by atoms with E-state index in [9.17, 15) is 0 Å². The fourth-order valence-corrected chi connectivity index (χ4v) is 2.05. The van der Waals surface area contributed by atoms with Gasteiger partial charge in [-0.2, -0.15) is 5.26 Å². The predicted molar refractivity (Wildman–Crippen MR) is 76.8 cm³/mol. The number of nitrogens with two attached hydrogens (primary N) is 1. The Balaban J connectivity index is 1.96. The van der Waals surface area contributed by atoms with Gasteiger partial charge in [-0.15, -0.1) is 10.2 Å². The number of hydrogen-bond acceptors (Lipinski definition) is 7. The molecule has 0 unspecified atom stereocenters. The van der Waals surface area contributed by atoms with E-state index in [1.165, 1.54) is 16.4 Å². The average molecular weight is 290 g/mol. The number of rotatable bonds is 6. The van der Waals surface area contributed by atoms with Crippen molar-refractivity contribution in [1.82, 2.24) is 14.9 Å². The van der Waals surface area contributed by atoms with Crippen LogP contribution in [0.25, 0.3) is 0 Å². The van der Waals surface area contributed by atoms with Crippen LogP contribution < -0.4 is 15.9 Å². The number of nitriles is 1. The summed E-state index contributed by atoms with van der Waals surface area (Å²) in [5.41, 5.74) is 0.931. The van der Waals surface area contributed by atoms with E-state index in [0.717, 1.165) is 11.4 Å². The molecule has 104 valence electrons. The molecule has 0 saturated heterocycles. The number of thioether (sulfide) groups is 1. The lowest BCUT2D eigenvalue weighted by atomic mass is 10.3. The van der Waals surface area contributed by atoms with E-state index < -0.39 is 0 Å². The lowest BCUT2D eigenvalue weighted by Crippen LogP contribution is -2.16. The molecule has 0 aliphatic heterocycles. The molecular formula is C12H14N6OS. The maximum atomic E-state index is 8.53.